The molecule has 1 aliphatic heterocycles. The van der Waals surface area contributed by atoms with Crippen LogP contribution < -0.4 is 4.90 Å². The van der Waals surface area contributed by atoms with Crippen LogP contribution in [0.5, 0.6) is 0 Å². The van der Waals surface area contributed by atoms with Crippen molar-refractivity contribution in [1.29, 1.82) is 0 Å². The lowest BCUT2D eigenvalue weighted by molar-refractivity contribution is 0.640. The Morgan fingerprint density at radius 2 is 1.49 bits per heavy atom. The Balaban J connectivity index is 1.46. The highest BCUT2D eigenvalue weighted by Crippen LogP contribution is 2.49. The minimum atomic E-state index is -0.129. The van der Waals surface area contributed by atoms with E-state index in [2.05, 4.69) is 95.1 Å². The molecular formula is C33H34Cl3N. The second-order valence-corrected chi connectivity index (χ2v) is 12.7. The van der Waals surface area contributed by atoms with Crippen LogP contribution in [0, 0.1) is 0 Å². The molecule has 192 valence electrons. The molecule has 2 aromatic carbocycles. The van der Waals surface area contributed by atoms with Gasteiger partial charge in [-0.25, -0.2) is 0 Å². The number of halogens is 3. The van der Waals surface area contributed by atoms with Crippen LogP contribution in [-0.2, 0) is 10.8 Å². The maximum absolute atomic E-state index is 7.02. The Labute approximate surface area is 236 Å². The summed E-state index contributed by atoms with van der Waals surface area (Å²) in [5, 5.41) is 2.44. The van der Waals surface area contributed by atoms with E-state index in [1.807, 2.05) is 12.1 Å². The molecule has 5 rings (SSSR count). The molecule has 4 heteroatoms. The maximum Gasteiger partial charge on any atom is 0.0469 e. The fourth-order valence-corrected chi connectivity index (χ4v) is 6.99. The fourth-order valence-electron chi connectivity index (χ4n) is 6.33. The quantitative estimate of drug-likeness (QED) is 0.367. The first-order valence-corrected chi connectivity index (χ1v) is 14.1. The maximum atomic E-state index is 7.02. The van der Waals surface area contributed by atoms with E-state index in [1.54, 1.807) is 0 Å². The number of hydrogen-bond donors (Lipinski definition) is 0. The lowest BCUT2D eigenvalue weighted by atomic mass is 9.80. The monoisotopic (exact) mass is 549 g/mol. The van der Waals surface area contributed by atoms with E-state index in [4.69, 9.17) is 34.8 Å². The van der Waals surface area contributed by atoms with Gasteiger partial charge < -0.3 is 4.90 Å². The van der Waals surface area contributed by atoms with Crippen molar-refractivity contribution in [3.63, 3.8) is 0 Å². The van der Waals surface area contributed by atoms with Gasteiger partial charge in [-0.2, -0.15) is 0 Å². The Kier molecular flexibility index (Phi) is 6.80. The van der Waals surface area contributed by atoms with Gasteiger partial charge in [-0.15, -0.1) is 0 Å². The summed E-state index contributed by atoms with van der Waals surface area (Å²) in [6.45, 7) is 11.3. The summed E-state index contributed by atoms with van der Waals surface area (Å²) in [5.74, 6) is 0. The summed E-state index contributed by atoms with van der Waals surface area (Å²) in [4.78, 5) is 2.27. The second-order valence-electron chi connectivity index (χ2n) is 11.5. The van der Waals surface area contributed by atoms with Crippen LogP contribution in [0.25, 0.3) is 5.57 Å². The lowest BCUT2D eigenvalue weighted by Crippen LogP contribution is -2.22. The van der Waals surface area contributed by atoms with Crippen molar-refractivity contribution in [2.24, 2.45) is 0 Å². The molecule has 2 aliphatic carbocycles. The molecule has 3 aliphatic rings. The van der Waals surface area contributed by atoms with Gasteiger partial charge in [0.25, 0.3) is 0 Å². The van der Waals surface area contributed by atoms with Crippen LogP contribution >= 0.6 is 34.8 Å². The third-order valence-electron chi connectivity index (χ3n) is 8.48. The van der Waals surface area contributed by atoms with Gasteiger partial charge in [0.2, 0.25) is 0 Å². The van der Waals surface area contributed by atoms with Crippen LogP contribution in [0.1, 0.15) is 70.6 Å². The van der Waals surface area contributed by atoms with Gasteiger partial charge in [-0.05, 0) is 102 Å². The molecule has 0 saturated carbocycles. The number of fused-ring (bicyclic) bond motifs is 2. The van der Waals surface area contributed by atoms with Gasteiger partial charge in [0.15, 0.2) is 0 Å². The zero-order chi connectivity index (χ0) is 26.7. The molecule has 0 saturated heterocycles. The molecule has 0 unspecified atom stereocenters. The number of anilines is 1. The summed E-state index contributed by atoms with van der Waals surface area (Å²) < 4.78 is 0. The van der Waals surface area contributed by atoms with Crippen molar-refractivity contribution in [3.05, 3.63) is 115 Å². The summed E-state index contributed by atoms with van der Waals surface area (Å²) in [5.41, 5.74) is 11.1. The molecule has 37 heavy (non-hydrogen) atoms. The first kappa shape index (κ1) is 26.4. The number of nitrogens with zero attached hydrogens (tertiary/aromatic N) is 1. The SMILES string of the molecule is CC1=C(C=CC2=C(Cl)C(=CC=C3N(C)c4ccc(Cl)cc4C3(C)C)CCC2)C(C)(C)c2cc(Cl)ccc21. The number of allylic oxidation sites excluding steroid dienone is 10. The molecular weight excluding hydrogens is 517 g/mol. The van der Waals surface area contributed by atoms with E-state index in [0.717, 1.165) is 34.3 Å². The van der Waals surface area contributed by atoms with Gasteiger partial charge in [0, 0.05) is 44.3 Å². The van der Waals surface area contributed by atoms with Gasteiger partial charge in [-0.3, -0.25) is 0 Å². The van der Waals surface area contributed by atoms with Crippen molar-refractivity contribution in [2.45, 2.75) is 64.7 Å². The van der Waals surface area contributed by atoms with Crippen LogP contribution in [0.3, 0.4) is 0 Å². The molecule has 0 aromatic heterocycles. The highest BCUT2D eigenvalue weighted by atomic mass is 35.5. The van der Waals surface area contributed by atoms with Gasteiger partial charge in [-0.1, -0.05) is 86.8 Å². The minimum absolute atomic E-state index is 0.0951. The average molecular weight is 551 g/mol. The molecule has 1 nitrogen and oxygen atoms in total. The van der Waals surface area contributed by atoms with E-state index >= 15 is 0 Å². The topological polar surface area (TPSA) is 3.24 Å². The minimum Gasteiger partial charge on any atom is -0.347 e. The van der Waals surface area contributed by atoms with Crippen molar-refractivity contribution < 1.29 is 0 Å². The first-order chi connectivity index (χ1) is 17.4. The molecule has 1 heterocycles. The van der Waals surface area contributed by atoms with E-state index in [0.29, 0.717) is 0 Å². The predicted octanol–water partition coefficient (Wildman–Crippen LogP) is 10.5. The Hall–Kier alpha value is -2.19. The molecule has 0 radical (unpaired) electrons. The Morgan fingerprint density at radius 3 is 2.22 bits per heavy atom. The number of rotatable bonds is 3. The fraction of sp³-hybridized carbons (Fsp3) is 0.333. The van der Waals surface area contributed by atoms with E-state index in [9.17, 15) is 0 Å². The molecule has 0 N–H and O–H groups in total. The Morgan fingerprint density at radius 1 is 0.811 bits per heavy atom. The number of hydrogen-bond acceptors (Lipinski definition) is 1. The van der Waals surface area contributed by atoms with Gasteiger partial charge in [0.05, 0.1) is 0 Å². The molecule has 2 aromatic rings. The smallest absolute Gasteiger partial charge is 0.0469 e. The predicted molar refractivity (Wildman–Crippen MR) is 162 cm³/mol. The van der Waals surface area contributed by atoms with Gasteiger partial charge in [0.1, 0.15) is 0 Å². The van der Waals surface area contributed by atoms with E-state index in [-0.39, 0.29) is 10.8 Å². The summed E-state index contributed by atoms with van der Waals surface area (Å²) in [6, 6.07) is 12.4. The molecule has 0 atom stereocenters. The third kappa shape index (κ3) is 4.44. The van der Waals surface area contributed by atoms with Crippen molar-refractivity contribution >= 4 is 46.1 Å². The first-order valence-electron chi connectivity index (χ1n) is 13.0. The van der Waals surface area contributed by atoms with Gasteiger partial charge >= 0.3 is 0 Å². The summed E-state index contributed by atoms with van der Waals surface area (Å²) in [7, 11) is 2.13. The molecule has 0 fully saturated rings. The molecule has 0 spiro atoms. The van der Waals surface area contributed by atoms with Crippen molar-refractivity contribution in [3.8, 4) is 0 Å². The standard InChI is InChI=1S/C33H34Cl3N/c1-20-25-14-12-23(34)18-27(25)32(2,3)26(20)15-10-21-8-7-9-22(31(21)36)11-17-30-33(4,5)28-19-24(35)13-16-29(28)37(30)6/h10-19H,7-9H2,1-6H3. The second kappa shape index (κ2) is 9.53. The molecule has 0 amide bonds. The summed E-state index contributed by atoms with van der Waals surface area (Å²) in [6.07, 6.45) is 12.0. The van der Waals surface area contributed by atoms with E-state index < -0.39 is 0 Å². The largest absolute Gasteiger partial charge is 0.347 e. The van der Waals surface area contributed by atoms with Crippen LogP contribution in [0.15, 0.2) is 88.2 Å². The highest BCUT2D eigenvalue weighted by Gasteiger charge is 2.38. The van der Waals surface area contributed by atoms with Crippen molar-refractivity contribution in [2.75, 3.05) is 11.9 Å². The van der Waals surface area contributed by atoms with Crippen LogP contribution in [-0.4, -0.2) is 7.05 Å². The average Bonchev–Trinajstić information content (AvgIpc) is 3.15. The normalized spacial score (nSPS) is 22.6. The third-order valence-corrected chi connectivity index (χ3v) is 9.44. The van der Waals surface area contributed by atoms with E-state index in [1.165, 1.54) is 50.4 Å². The Bertz CT molecular complexity index is 1450. The number of likely N-dealkylation sites (N-methyl/N-ethyl adjacent to an activating group) is 1. The zero-order valence-electron chi connectivity index (χ0n) is 22.5. The zero-order valence-corrected chi connectivity index (χ0v) is 24.7. The number of benzene rings is 2. The highest BCUT2D eigenvalue weighted by molar-refractivity contribution is 6.32. The van der Waals surface area contributed by atoms with Crippen LogP contribution in [0.4, 0.5) is 5.69 Å². The molecule has 0 bridgehead atoms. The van der Waals surface area contributed by atoms with Crippen molar-refractivity contribution in [1.82, 2.24) is 0 Å². The summed E-state index contributed by atoms with van der Waals surface area (Å²) >= 11 is 19.7. The van der Waals surface area contributed by atoms with Crippen LogP contribution in [0.2, 0.25) is 10.0 Å². The lowest BCUT2D eigenvalue weighted by Gasteiger charge is -2.24.